The van der Waals surface area contributed by atoms with Crippen LogP contribution in [0.5, 0.6) is 0 Å². The molecule has 0 spiro atoms. The molecule has 13 heavy (non-hydrogen) atoms. The third kappa shape index (κ3) is 8.53. The first kappa shape index (κ1) is 13.2. The maximum absolute atomic E-state index is 10.2. The van der Waals surface area contributed by atoms with Crippen LogP contribution in [0.15, 0.2) is 0 Å². The van der Waals surface area contributed by atoms with Gasteiger partial charge in [-0.2, -0.15) is 0 Å². The van der Waals surface area contributed by atoms with Gasteiger partial charge in [0.15, 0.2) is 0 Å². The van der Waals surface area contributed by atoms with Crippen LogP contribution in [0.3, 0.4) is 0 Å². The van der Waals surface area contributed by atoms with E-state index in [9.17, 15) is 4.79 Å². The van der Waals surface area contributed by atoms with E-state index in [4.69, 9.17) is 5.11 Å². The molecular weight excluding hydrogens is 279 g/mol. The SMILES string of the molecule is CC(C)(CI)CCCCCC(=O)O. The van der Waals surface area contributed by atoms with E-state index >= 15 is 0 Å². The standard InChI is InChI=1S/C10H19IO2/c1-10(2,8-11)7-5-3-4-6-9(12)13/h3-8H2,1-2H3,(H,12,13). The zero-order valence-electron chi connectivity index (χ0n) is 8.48. The minimum Gasteiger partial charge on any atom is -0.481 e. The van der Waals surface area contributed by atoms with E-state index in [0.29, 0.717) is 11.8 Å². The summed E-state index contributed by atoms with van der Waals surface area (Å²) in [6.45, 7) is 4.52. The minimum atomic E-state index is -0.673. The minimum absolute atomic E-state index is 0.324. The fraction of sp³-hybridized carbons (Fsp3) is 0.900. The quantitative estimate of drug-likeness (QED) is 0.444. The van der Waals surface area contributed by atoms with Crippen molar-refractivity contribution in [3.8, 4) is 0 Å². The predicted octanol–water partition coefficient (Wildman–Crippen LogP) is 3.48. The first-order valence-electron chi connectivity index (χ1n) is 4.76. The second-order valence-electron chi connectivity index (χ2n) is 4.25. The van der Waals surface area contributed by atoms with Gasteiger partial charge in [-0.3, -0.25) is 4.79 Å². The van der Waals surface area contributed by atoms with Crippen LogP contribution in [0, 0.1) is 5.41 Å². The number of aliphatic carboxylic acids is 1. The molecule has 0 saturated heterocycles. The number of hydrogen-bond donors (Lipinski definition) is 1. The summed E-state index contributed by atoms with van der Waals surface area (Å²) in [6.07, 6.45) is 4.56. The Morgan fingerprint density at radius 1 is 1.31 bits per heavy atom. The second-order valence-corrected chi connectivity index (χ2v) is 5.02. The first-order chi connectivity index (χ1) is 5.98. The summed E-state index contributed by atoms with van der Waals surface area (Å²) in [4.78, 5) is 10.2. The van der Waals surface area contributed by atoms with Gasteiger partial charge in [-0.1, -0.05) is 49.3 Å². The average Bonchev–Trinajstić information content (AvgIpc) is 2.03. The number of carbonyl (C=O) groups is 1. The molecule has 2 nitrogen and oxygen atoms in total. The van der Waals surface area contributed by atoms with Crippen molar-refractivity contribution in [1.29, 1.82) is 0 Å². The van der Waals surface area contributed by atoms with E-state index in [1.807, 2.05) is 0 Å². The molecule has 0 fully saturated rings. The highest BCUT2D eigenvalue weighted by Gasteiger charge is 2.14. The molecule has 78 valence electrons. The van der Waals surface area contributed by atoms with Crippen LogP contribution in [0.2, 0.25) is 0 Å². The van der Waals surface area contributed by atoms with Crippen molar-refractivity contribution in [1.82, 2.24) is 0 Å². The van der Waals surface area contributed by atoms with Gasteiger partial charge in [0.05, 0.1) is 0 Å². The average molecular weight is 298 g/mol. The number of carboxylic acid groups (broad SMARTS) is 1. The first-order valence-corrected chi connectivity index (χ1v) is 6.28. The number of hydrogen-bond acceptors (Lipinski definition) is 1. The number of halogens is 1. The van der Waals surface area contributed by atoms with E-state index in [1.54, 1.807) is 0 Å². The summed E-state index contributed by atoms with van der Waals surface area (Å²) >= 11 is 2.41. The molecule has 0 atom stereocenters. The van der Waals surface area contributed by atoms with Crippen molar-refractivity contribution in [2.24, 2.45) is 5.41 Å². The maximum Gasteiger partial charge on any atom is 0.303 e. The van der Waals surface area contributed by atoms with Gasteiger partial charge >= 0.3 is 5.97 Å². The number of rotatable bonds is 7. The molecule has 0 aromatic heterocycles. The Kier molecular flexibility index (Phi) is 6.73. The monoisotopic (exact) mass is 298 g/mol. The van der Waals surface area contributed by atoms with Crippen LogP contribution < -0.4 is 0 Å². The molecule has 0 aliphatic heterocycles. The molecule has 0 aliphatic carbocycles. The Balaban J connectivity index is 3.30. The molecule has 0 bridgehead atoms. The highest BCUT2D eigenvalue weighted by atomic mass is 127. The topological polar surface area (TPSA) is 37.3 Å². The summed E-state index contributed by atoms with van der Waals surface area (Å²) in [5.74, 6) is -0.673. The molecule has 3 heteroatoms. The van der Waals surface area contributed by atoms with Crippen LogP contribution in [0.25, 0.3) is 0 Å². The summed E-state index contributed by atoms with van der Waals surface area (Å²) in [5.41, 5.74) is 0.420. The number of unbranched alkanes of at least 4 members (excludes halogenated alkanes) is 2. The van der Waals surface area contributed by atoms with Gasteiger partial charge < -0.3 is 5.11 Å². The van der Waals surface area contributed by atoms with Crippen molar-refractivity contribution in [3.05, 3.63) is 0 Å². The van der Waals surface area contributed by atoms with Gasteiger partial charge in [-0.15, -0.1) is 0 Å². The van der Waals surface area contributed by atoms with Crippen LogP contribution in [0.4, 0.5) is 0 Å². The van der Waals surface area contributed by atoms with Crippen LogP contribution in [0.1, 0.15) is 46.0 Å². The Bertz CT molecular complexity index is 155. The smallest absolute Gasteiger partial charge is 0.303 e. The highest BCUT2D eigenvalue weighted by Crippen LogP contribution is 2.25. The predicted molar refractivity (Wildman–Crippen MR) is 63.4 cm³/mol. The highest BCUT2D eigenvalue weighted by molar-refractivity contribution is 14.1. The van der Waals surface area contributed by atoms with E-state index in [-0.39, 0.29) is 0 Å². The van der Waals surface area contributed by atoms with Crippen LogP contribution in [-0.2, 0) is 4.79 Å². The van der Waals surface area contributed by atoms with Crippen molar-refractivity contribution in [2.75, 3.05) is 4.43 Å². The second kappa shape index (κ2) is 6.62. The number of alkyl halides is 1. The largest absolute Gasteiger partial charge is 0.481 e. The Morgan fingerprint density at radius 3 is 2.38 bits per heavy atom. The van der Waals surface area contributed by atoms with E-state index < -0.39 is 5.97 Å². The van der Waals surface area contributed by atoms with E-state index in [1.165, 1.54) is 10.8 Å². The van der Waals surface area contributed by atoms with E-state index in [2.05, 4.69) is 36.4 Å². The van der Waals surface area contributed by atoms with Crippen molar-refractivity contribution in [3.63, 3.8) is 0 Å². The molecular formula is C10H19IO2. The number of carboxylic acids is 1. The van der Waals surface area contributed by atoms with Gasteiger partial charge in [0.1, 0.15) is 0 Å². The summed E-state index contributed by atoms with van der Waals surface area (Å²) in [7, 11) is 0. The zero-order valence-corrected chi connectivity index (χ0v) is 10.6. The summed E-state index contributed by atoms with van der Waals surface area (Å²) in [5, 5.41) is 8.42. The maximum atomic E-state index is 10.2. The molecule has 0 saturated carbocycles. The van der Waals surface area contributed by atoms with Gasteiger partial charge in [-0.25, -0.2) is 0 Å². The fourth-order valence-electron chi connectivity index (χ4n) is 1.12. The normalized spacial score (nSPS) is 11.6. The molecule has 0 heterocycles. The van der Waals surface area contributed by atoms with Crippen molar-refractivity contribution in [2.45, 2.75) is 46.0 Å². The lowest BCUT2D eigenvalue weighted by molar-refractivity contribution is -0.137. The van der Waals surface area contributed by atoms with Crippen molar-refractivity contribution < 1.29 is 9.90 Å². The van der Waals surface area contributed by atoms with Gasteiger partial charge in [0, 0.05) is 10.8 Å². The van der Waals surface area contributed by atoms with Gasteiger partial charge in [0.2, 0.25) is 0 Å². The molecule has 0 rings (SSSR count). The third-order valence-corrected chi connectivity index (χ3v) is 4.17. The Hall–Kier alpha value is 0.200. The summed E-state index contributed by atoms with van der Waals surface area (Å²) < 4.78 is 1.17. The Morgan fingerprint density at radius 2 is 1.92 bits per heavy atom. The van der Waals surface area contributed by atoms with Gasteiger partial charge in [-0.05, 0) is 18.3 Å². The third-order valence-electron chi connectivity index (χ3n) is 2.11. The van der Waals surface area contributed by atoms with Gasteiger partial charge in [0.25, 0.3) is 0 Å². The molecule has 1 N–H and O–H groups in total. The molecule has 0 aromatic carbocycles. The van der Waals surface area contributed by atoms with E-state index in [0.717, 1.165) is 19.3 Å². The van der Waals surface area contributed by atoms with Crippen LogP contribution in [-0.4, -0.2) is 15.5 Å². The molecule has 0 aromatic rings. The van der Waals surface area contributed by atoms with Crippen LogP contribution >= 0.6 is 22.6 Å². The fourth-order valence-corrected chi connectivity index (χ4v) is 1.50. The molecule has 0 radical (unpaired) electrons. The lowest BCUT2D eigenvalue weighted by Crippen LogP contribution is -2.12. The van der Waals surface area contributed by atoms with Crippen molar-refractivity contribution >= 4 is 28.6 Å². The lowest BCUT2D eigenvalue weighted by atomic mass is 9.89. The molecule has 0 unspecified atom stereocenters. The Labute approximate surface area is 94.2 Å². The molecule has 0 amide bonds. The zero-order chi connectivity index (χ0) is 10.3. The lowest BCUT2D eigenvalue weighted by Gasteiger charge is -2.20. The molecule has 0 aliphatic rings. The summed E-state index contributed by atoms with van der Waals surface area (Å²) in [6, 6.07) is 0.